The Morgan fingerprint density at radius 1 is 1.40 bits per heavy atom. The number of aromatic nitrogens is 3. The van der Waals surface area contributed by atoms with Gasteiger partial charge in [0.05, 0.1) is 6.20 Å². The fourth-order valence-electron chi connectivity index (χ4n) is 1.91. The molecule has 0 saturated carbocycles. The Kier molecular flexibility index (Phi) is 2.05. The molecule has 0 spiro atoms. The van der Waals surface area contributed by atoms with Crippen molar-refractivity contribution in [2.75, 3.05) is 11.5 Å². The van der Waals surface area contributed by atoms with Crippen LogP contribution >= 0.6 is 11.8 Å². The molecule has 1 aliphatic rings. The quantitative estimate of drug-likeness (QED) is 0.795. The van der Waals surface area contributed by atoms with E-state index in [0.29, 0.717) is 5.92 Å². The normalized spacial score (nSPS) is 21.2. The number of rotatable bonds is 1. The molecule has 1 unspecified atom stereocenters. The molecule has 3 rings (SSSR count). The number of hydrogen-bond donors (Lipinski definition) is 1. The first-order valence-corrected chi connectivity index (χ1v) is 6.11. The van der Waals surface area contributed by atoms with Gasteiger partial charge in [0.1, 0.15) is 11.6 Å². The predicted octanol–water partition coefficient (Wildman–Crippen LogP) is 1.66. The van der Waals surface area contributed by atoms with E-state index in [0.717, 1.165) is 23.6 Å². The van der Waals surface area contributed by atoms with Gasteiger partial charge in [-0.25, -0.2) is 0 Å². The topological polar surface area (TPSA) is 50.4 Å². The molecule has 15 heavy (non-hydrogen) atoms. The maximum Gasteiger partial charge on any atom is 0.161 e. The molecule has 0 bridgehead atoms. The van der Waals surface area contributed by atoms with Crippen molar-refractivity contribution in [3.05, 3.63) is 24.2 Å². The Labute approximate surface area is 91.3 Å². The number of pyridine rings is 1. The van der Waals surface area contributed by atoms with Gasteiger partial charge >= 0.3 is 0 Å². The monoisotopic (exact) mass is 221 g/mol. The van der Waals surface area contributed by atoms with Gasteiger partial charge in [0.2, 0.25) is 0 Å². The highest BCUT2D eigenvalue weighted by Gasteiger charge is 2.22. The Hall–Kier alpha value is -1.23. The summed E-state index contributed by atoms with van der Waals surface area (Å²) in [4.78, 5) is 0. The number of aromatic hydroxyl groups is 1. The number of hydrogen-bond acceptors (Lipinski definition) is 4. The van der Waals surface area contributed by atoms with Gasteiger partial charge in [0.15, 0.2) is 5.65 Å². The van der Waals surface area contributed by atoms with Gasteiger partial charge in [0, 0.05) is 11.7 Å². The molecule has 5 heteroatoms. The first-order valence-electron chi connectivity index (χ1n) is 4.96. The summed E-state index contributed by atoms with van der Waals surface area (Å²) < 4.78 is 1.89. The molecule has 0 amide bonds. The van der Waals surface area contributed by atoms with E-state index in [1.807, 2.05) is 16.2 Å². The molecule has 2 aromatic heterocycles. The van der Waals surface area contributed by atoms with Crippen molar-refractivity contribution >= 4 is 17.4 Å². The van der Waals surface area contributed by atoms with E-state index in [2.05, 4.69) is 10.2 Å². The molecule has 1 atom stereocenters. The molecule has 78 valence electrons. The van der Waals surface area contributed by atoms with Crippen LogP contribution in [0, 0.1) is 0 Å². The maximum atomic E-state index is 9.43. The summed E-state index contributed by atoms with van der Waals surface area (Å²) >= 11 is 1.95. The van der Waals surface area contributed by atoms with Gasteiger partial charge in [-0.15, -0.1) is 10.2 Å². The first kappa shape index (κ1) is 9.03. The highest BCUT2D eigenvalue weighted by Crippen LogP contribution is 2.31. The lowest BCUT2D eigenvalue weighted by Gasteiger charge is -2.05. The summed E-state index contributed by atoms with van der Waals surface area (Å²) in [5, 5.41) is 17.7. The molecule has 0 aliphatic carbocycles. The zero-order valence-electron chi connectivity index (χ0n) is 8.13. The van der Waals surface area contributed by atoms with Crippen LogP contribution in [0.15, 0.2) is 18.3 Å². The van der Waals surface area contributed by atoms with Gasteiger partial charge in [-0.3, -0.25) is 4.40 Å². The van der Waals surface area contributed by atoms with Crippen molar-refractivity contribution in [1.29, 1.82) is 0 Å². The lowest BCUT2D eigenvalue weighted by Crippen LogP contribution is -2.02. The van der Waals surface area contributed by atoms with Gasteiger partial charge in [-0.1, -0.05) is 0 Å². The second kappa shape index (κ2) is 3.41. The Balaban J connectivity index is 2.13. The molecule has 3 heterocycles. The van der Waals surface area contributed by atoms with Crippen LogP contribution in [0.1, 0.15) is 18.2 Å². The van der Waals surface area contributed by atoms with Gasteiger partial charge in [-0.05, 0) is 24.3 Å². The second-order valence-corrected chi connectivity index (χ2v) is 4.88. The lowest BCUT2D eigenvalue weighted by atomic mass is 10.1. The third-order valence-corrected chi connectivity index (χ3v) is 3.87. The van der Waals surface area contributed by atoms with E-state index >= 15 is 0 Å². The van der Waals surface area contributed by atoms with Crippen LogP contribution in [0.5, 0.6) is 5.75 Å². The Bertz CT molecular complexity index is 490. The van der Waals surface area contributed by atoms with Crippen LogP contribution in [0.4, 0.5) is 0 Å². The zero-order valence-corrected chi connectivity index (χ0v) is 8.94. The smallest absolute Gasteiger partial charge is 0.161 e. The molecule has 1 N–H and O–H groups in total. The van der Waals surface area contributed by atoms with Crippen molar-refractivity contribution in [2.45, 2.75) is 12.3 Å². The third kappa shape index (κ3) is 1.47. The molecule has 1 aliphatic heterocycles. The molecule has 2 aromatic rings. The van der Waals surface area contributed by atoms with E-state index in [-0.39, 0.29) is 5.75 Å². The van der Waals surface area contributed by atoms with Gasteiger partial charge in [-0.2, -0.15) is 11.8 Å². The van der Waals surface area contributed by atoms with E-state index in [4.69, 9.17) is 0 Å². The number of fused-ring (bicyclic) bond motifs is 1. The molecule has 1 saturated heterocycles. The number of thioether (sulfide) groups is 1. The van der Waals surface area contributed by atoms with Crippen LogP contribution in [-0.4, -0.2) is 31.2 Å². The third-order valence-electron chi connectivity index (χ3n) is 2.71. The molecule has 0 aromatic carbocycles. The minimum absolute atomic E-state index is 0.259. The summed E-state index contributed by atoms with van der Waals surface area (Å²) in [5.41, 5.74) is 0.805. The maximum absolute atomic E-state index is 9.43. The van der Waals surface area contributed by atoms with E-state index in [1.54, 1.807) is 18.3 Å². The molecule has 0 radical (unpaired) electrons. The van der Waals surface area contributed by atoms with Gasteiger partial charge < -0.3 is 5.11 Å². The van der Waals surface area contributed by atoms with Crippen LogP contribution in [0.2, 0.25) is 0 Å². The van der Waals surface area contributed by atoms with Crippen LogP contribution in [0.3, 0.4) is 0 Å². The number of nitrogens with zero attached hydrogens (tertiary/aromatic N) is 3. The van der Waals surface area contributed by atoms with Gasteiger partial charge in [0.25, 0.3) is 0 Å². The molecule has 1 fully saturated rings. The Morgan fingerprint density at radius 3 is 3.13 bits per heavy atom. The largest absolute Gasteiger partial charge is 0.506 e. The summed E-state index contributed by atoms with van der Waals surface area (Å²) in [6.45, 7) is 0. The van der Waals surface area contributed by atoms with E-state index < -0.39 is 0 Å². The highest BCUT2D eigenvalue weighted by molar-refractivity contribution is 7.99. The fraction of sp³-hybridized carbons (Fsp3) is 0.400. The fourth-order valence-corrected chi connectivity index (χ4v) is 3.13. The molecular weight excluding hydrogens is 210 g/mol. The molecule has 4 nitrogen and oxygen atoms in total. The van der Waals surface area contributed by atoms with E-state index in [1.165, 1.54) is 5.75 Å². The average Bonchev–Trinajstić information content (AvgIpc) is 2.83. The lowest BCUT2D eigenvalue weighted by molar-refractivity contribution is 0.471. The minimum Gasteiger partial charge on any atom is -0.506 e. The molecular formula is C10H11N3OS. The summed E-state index contributed by atoms with van der Waals surface area (Å²) in [7, 11) is 0. The van der Waals surface area contributed by atoms with Crippen LogP contribution in [-0.2, 0) is 0 Å². The summed E-state index contributed by atoms with van der Waals surface area (Å²) in [6, 6.07) is 3.42. The van der Waals surface area contributed by atoms with Crippen molar-refractivity contribution < 1.29 is 5.11 Å². The zero-order chi connectivity index (χ0) is 10.3. The SMILES string of the molecule is Oc1ccc2nnc(C3CCSC3)n2c1. The van der Waals surface area contributed by atoms with Crippen molar-refractivity contribution in [2.24, 2.45) is 0 Å². The highest BCUT2D eigenvalue weighted by atomic mass is 32.2. The second-order valence-electron chi connectivity index (χ2n) is 3.73. The first-order chi connectivity index (χ1) is 7.34. The van der Waals surface area contributed by atoms with Crippen molar-refractivity contribution in [3.63, 3.8) is 0 Å². The van der Waals surface area contributed by atoms with Crippen LogP contribution in [0.25, 0.3) is 5.65 Å². The summed E-state index contributed by atoms with van der Waals surface area (Å²) in [5.74, 6) is 4.02. The van der Waals surface area contributed by atoms with Crippen LogP contribution < -0.4 is 0 Å². The van der Waals surface area contributed by atoms with E-state index in [9.17, 15) is 5.11 Å². The Morgan fingerprint density at radius 2 is 2.33 bits per heavy atom. The standard InChI is InChI=1S/C10H11N3OS/c14-8-1-2-9-11-12-10(13(9)5-8)7-3-4-15-6-7/h1-2,5,7,14H,3-4,6H2. The summed E-state index contributed by atoms with van der Waals surface area (Å²) in [6.07, 6.45) is 2.84. The van der Waals surface area contributed by atoms with Crippen molar-refractivity contribution in [1.82, 2.24) is 14.6 Å². The minimum atomic E-state index is 0.259. The predicted molar refractivity (Wildman–Crippen MR) is 59.3 cm³/mol. The van der Waals surface area contributed by atoms with Crippen molar-refractivity contribution in [3.8, 4) is 5.75 Å². The average molecular weight is 221 g/mol.